The van der Waals surface area contributed by atoms with Crippen LogP contribution in [0.1, 0.15) is 34.8 Å². The van der Waals surface area contributed by atoms with Gasteiger partial charge in [0.2, 0.25) is 11.1 Å². The van der Waals surface area contributed by atoms with Crippen molar-refractivity contribution in [3.05, 3.63) is 51.9 Å². The molecule has 110 valence electrons. The third-order valence-electron chi connectivity index (χ3n) is 4.23. The minimum absolute atomic E-state index is 0.0323. The van der Waals surface area contributed by atoms with Gasteiger partial charge in [-0.05, 0) is 42.5 Å². The monoisotopic (exact) mass is 304 g/mol. The molecule has 3 rings (SSSR count). The molecule has 1 heterocycles. The Morgan fingerprint density at radius 3 is 2.95 bits per heavy atom. The van der Waals surface area contributed by atoms with Crippen molar-refractivity contribution >= 4 is 17.5 Å². The summed E-state index contributed by atoms with van der Waals surface area (Å²) in [6.07, 6.45) is 2.22. The van der Waals surface area contributed by atoms with Gasteiger partial charge in [0, 0.05) is 12.6 Å². The zero-order valence-electron chi connectivity index (χ0n) is 12.1. The molecule has 21 heavy (non-hydrogen) atoms. The Labute approximate surface area is 128 Å². The fraction of sp³-hybridized carbons (Fsp3) is 0.375. The van der Waals surface area contributed by atoms with Gasteiger partial charge in [-0.3, -0.25) is 4.79 Å². The number of fused-ring (bicyclic) bond motifs is 1. The number of amides is 1. The first kappa shape index (κ1) is 14.1. The van der Waals surface area contributed by atoms with Crippen molar-refractivity contribution in [3.63, 3.8) is 0 Å². The van der Waals surface area contributed by atoms with E-state index in [0.29, 0.717) is 11.3 Å². The number of nitrogens with zero attached hydrogens (tertiary/aromatic N) is 2. The Morgan fingerprint density at radius 1 is 1.48 bits per heavy atom. The first-order valence-corrected chi connectivity index (χ1v) is 7.40. The van der Waals surface area contributed by atoms with Crippen molar-refractivity contribution in [1.29, 1.82) is 0 Å². The van der Waals surface area contributed by atoms with E-state index < -0.39 is 0 Å². The zero-order chi connectivity index (χ0) is 15.0. The predicted octanol–water partition coefficient (Wildman–Crippen LogP) is 3.32. The van der Waals surface area contributed by atoms with Crippen LogP contribution in [0.4, 0.5) is 0 Å². The second-order valence-corrected chi connectivity index (χ2v) is 5.80. The first-order chi connectivity index (χ1) is 10.1. The molecule has 0 radical (unpaired) electrons. The van der Waals surface area contributed by atoms with E-state index in [9.17, 15) is 4.79 Å². The van der Waals surface area contributed by atoms with E-state index in [1.807, 2.05) is 24.1 Å². The lowest BCUT2D eigenvalue weighted by atomic mass is 10.1. The number of hydrogen-bond donors (Lipinski definition) is 0. The molecule has 0 saturated heterocycles. The van der Waals surface area contributed by atoms with Crippen LogP contribution in [0.25, 0.3) is 0 Å². The molecule has 5 heteroatoms. The maximum absolute atomic E-state index is 12.5. The van der Waals surface area contributed by atoms with Gasteiger partial charge >= 0.3 is 0 Å². The number of benzene rings is 1. The summed E-state index contributed by atoms with van der Waals surface area (Å²) in [5.41, 5.74) is 3.94. The van der Waals surface area contributed by atoms with Crippen molar-refractivity contribution in [3.8, 4) is 0 Å². The number of aryl methyl sites for hydroxylation is 2. The van der Waals surface area contributed by atoms with Crippen LogP contribution in [-0.4, -0.2) is 23.0 Å². The van der Waals surface area contributed by atoms with Gasteiger partial charge in [-0.2, -0.15) is 0 Å². The highest BCUT2D eigenvalue weighted by Gasteiger charge is 2.29. The van der Waals surface area contributed by atoms with Crippen molar-refractivity contribution in [2.45, 2.75) is 32.2 Å². The summed E-state index contributed by atoms with van der Waals surface area (Å²) in [6.45, 7) is 1.79. The predicted molar refractivity (Wildman–Crippen MR) is 80.2 cm³/mol. The maximum atomic E-state index is 12.5. The molecule has 1 atom stereocenters. The molecule has 0 N–H and O–H groups in total. The summed E-state index contributed by atoms with van der Waals surface area (Å²) >= 11 is 5.93. The van der Waals surface area contributed by atoms with Gasteiger partial charge in [-0.15, -0.1) is 0 Å². The van der Waals surface area contributed by atoms with Gasteiger partial charge in [-0.1, -0.05) is 29.4 Å². The summed E-state index contributed by atoms with van der Waals surface area (Å²) in [5.74, 6) is 0.0323. The van der Waals surface area contributed by atoms with Crippen LogP contribution in [0.5, 0.6) is 0 Å². The van der Waals surface area contributed by atoms with Gasteiger partial charge in [-0.25, -0.2) is 0 Å². The van der Waals surface area contributed by atoms with Gasteiger partial charge in [0.1, 0.15) is 0 Å². The topological polar surface area (TPSA) is 46.3 Å². The molecule has 0 fully saturated rings. The van der Waals surface area contributed by atoms with Crippen molar-refractivity contribution in [2.24, 2.45) is 0 Å². The fourth-order valence-corrected chi connectivity index (χ4v) is 3.18. The van der Waals surface area contributed by atoms with Crippen LogP contribution in [0.15, 0.2) is 28.8 Å². The van der Waals surface area contributed by atoms with Gasteiger partial charge in [0.15, 0.2) is 0 Å². The summed E-state index contributed by atoms with van der Waals surface area (Å²) in [4.78, 5) is 14.3. The molecule has 0 bridgehead atoms. The number of halogens is 1. The lowest BCUT2D eigenvalue weighted by molar-refractivity contribution is -0.131. The smallest absolute Gasteiger partial charge is 0.229 e. The van der Waals surface area contributed by atoms with Crippen LogP contribution >= 0.6 is 11.6 Å². The molecule has 1 aromatic heterocycles. The number of rotatable bonds is 3. The number of carbonyl (C=O) groups excluding carboxylic acids is 1. The molecule has 1 aliphatic carbocycles. The molecule has 0 aliphatic heterocycles. The van der Waals surface area contributed by atoms with E-state index in [0.717, 1.165) is 12.8 Å². The molecule has 1 amide bonds. The minimum atomic E-state index is 0.0323. The standard InChI is InChI=1S/C16H17ClN2O2/c1-10-13(16(17)21-18-10)9-15(20)19(2)14-8-7-11-5-3-4-6-12(11)14/h3-6,14H,7-9H2,1-2H3. The minimum Gasteiger partial charge on any atom is -0.344 e. The van der Waals surface area contributed by atoms with E-state index in [2.05, 4.69) is 17.3 Å². The lowest BCUT2D eigenvalue weighted by Crippen LogP contribution is -2.31. The lowest BCUT2D eigenvalue weighted by Gasteiger charge is -2.25. The quantitative estimate of drug-likeness (QED) is 0.874. The SMILES string of the molecule is Cc1noc(Cl)c1CC(=O)N(C)C1CCc2ccccc21. The molecule has 4 nitrogen and oxygen atoms in total. The average Bonchev–Trinajstić information content (AvgIpc) is 3.05. The summed E-state index contributed by atoms with van der Waals surface area (Å²) in [7, 11) is 1.85. The van der Waals surface area contributed by atoms with Crippen molar-refractivity contribution < 1.29 is 9.32 Å². The maximum Gasteiger partial charge on any atom is 0.229 e. The first-order valence-electron chi connectivity index (χ1n) is 7.02. The molecule has 1 aliphatic rings. The molecule has 1 aromatic carbocycles. The largest absolute Gasteiger partial charge is 0.344 e. The van der Waals surface area contributed by atoms with E-state index in [1.54, 1.807) is 6.92 Å². The second kappa shape index (κ2) is 5.53. The van der Waals surface area contributed by atoms with Crippen molar-refractivity contribution in [2.75, 3.05) is 7.05 Å². The Balaban J connectivity index is 1.77. The third-order valence-corrected chi connectivity index (χ3v) is 4.52. The molecule has 1 unspecified atom stereocenters. The number of aromatic nitrogens is 1. The molecular formula is C16H17ClN2O2. The van der Waals surface area contributed by atoms with E-state index in [4.69, 9.17) is 16.1 Å². The third kappa shape index (κ3) is 2.56. The Hall–Kier alpha value is -1.81. The van der Waals surface area contributed by atoms with Crippen LogP contribution in [-0.2, 0) is 17.6 Å². The van der Waals surface area contributed by atoms with E-state index in [1.165, 1.54) is 11.1 Å². The summed E-state index contributed by atoms with van der Waals surface area (Å²) < 4.78 is 4.90. The number of likely N-dealkylation sites (N-methyl/N-ethyl adjacent to an activating group) is 1. The zero-order valence-corrected chi connectivity index (χ0v) is 12.9. The number of hydrogen-bond acceptors (Lipinski definition) is 3. The molecule has 0 spiro atoms. The van der Waals surface area contributed by atoms with E-state index in [-0.39, 0.29) is 23.6 Å². The summed E-state index contributed by atoms with van der Waals surface area (Å²) in [5, 5.41) is 3.99. The van der Waals surface area contributed by atoms with Gasteiger partial charge in [0.05, 0.1) is 18.2 Å². The van der Waals surface area contributed by atoms with Crippen LogP contribution in [0, 0.1) is 6.92 Å². The van der Waals surface area contributed by atoms with Crippen LogP contribution in [0.2, 0.25) is 5.22 Å². The Morgan fingerprint density at radius 2 is 2.24 bits per heavy atom. The van der Waals surface area contributed by atoms with E-state index >= 15 is 0 Å². The highest BCUT2D eigenvalue weighted by Crippen LogP contribution is 2.35. The Bertz CT molecular complexity index is 661. The average molecular weight is 305 g/mol. The molecule has 2 aromatic rings. The normalized spacial score (nSPS) is 16.8. The number of carbonyl (C=O) groups is 1. The highest BCUT2D eigenvalue weighted by molar-refractivity contribution is 6.29. The fourth-order valence-electron chi connectivity index (χ4n) is 2.95. The van der Waals surface area contributed by atoms with Gasteiger partial charge < -0.3 is 9.42 Å². The molecular weight excluding hydrogens is 288 g/mol. The second-order valence-electron chi connectivity index (χ2n) is 5.45. The van der Waals surface area contributed by atoms with Crippen molar-refractivity contribution in [1.82, 2.24) is 10.1 Å². The summed E-state index contributed by atoms with van der Waals surface area (Å²) in [6, 6.07) is 8.45. The highest BCUT2D eigenvalue weighted by atomic mass is 35.5. The van der Waals surface area contributed by atoms with Crippen LogP contribution < -0.4 is 0 Å². The molecule has 0 saturated carbocycles. The van der Waals surface area contributed by atoms with Crippen LogP contribution in [0.3, 0.4) is 0 Å². The Kier molecular flexibility index (Phi) is 3.72. The van der Waals surface area contributed by atoms with Gasteiger partial charge in [0.25, 0.3) is 0 Å².